The van der Waals surface area contributed by atoms with E-state index in [9.17, 15) is 4.79 Å². The second kappa shape index (κ2) is 6.44. The molecule has 0 N–H and O–H groups in total. The van der Waals surface area contributed by atoms with Crippen LogP contribution in [-0.2, 0) is 19.3 Å². The molecule has 0 saturated carbocycles. The average Bonchev–Trinajstić information content (AvgIpc) is 3.03. The van der Waals surface area contributed by atoms with Gasteiger partial charge in [-0.1, -0.05) is 40.5 Å². The minimum atomic E-state index is -1.12. The minimum Gasteiger partial charge on any atom is -0.456 e. The number of rotatable bonds is 8. The first-order chi connectivity index (χ1) is 9.10. The van der Waals surface area contributed by atoms with E-state index in [-0.39, 0.29) is 5.97 Å². The molecule has 0 aromatic heterocycles. The zero-order valence-corrected chi connectivity index (χ0v) is 13.9. The molecule has 0 atom stereocenters. The molecule has 4 heteroatoms. The molecule has 1 aliphatic rings. The fraction of sp³-hybridized carbons (Fsp3) is 0.938. The highest BCUT2D eigenvalue weighted by Gasteiger charge is 2.58. The van der Waals surface area contributed by atoms with Gasteiger partial charge in [-0.2, -0.15) is 9.78 Å². The lowest BCUT2D eigenvalue weighted by Gasteiger charge is -2.25. The van der Waals surface area contributed by atoms with Crippen molar-refractivity contribution in [3.8, 4) is 0 Å². The molecule has 1 rings (SSSR count). The predicted octanol–water partition coefficient (Wildman–Crippen LogP) is 4.37. The summed E-state index contributed by atoms with van der Waals surface area (Å²) >= 11 is 0. The van der Waals surface area contributed by atoms with Crippen LogP contribution >= 0.6 is 0 Å². The van der Waals surface area contributed by atoms with Gasteiger partial charge in [-0.3, -0.25) is 0 Å². The molecule has 118 valence electrons. The standard InChI is InChI=1S/C16H30O4/c1-7-10-15(5,6)18-13(17)16(19-20-16)12-9-8-11-14(2,3)4/h7-12H2,1-6H3. The largest absolute Gasteiger partial charge is 0.456 e. The Balaban J connectivity index is 2.36. The molecule has 0 aliphatic carbocycles. The molecule has 1 heterocycles. The zero-order valence-electron chi connectivity index (χ0n) is 13.9. The van der Waals surface area contributed by atoms with Crippen LogP contribution in [0.4, 0.5) is 0 Å². The van der Waals surface area contributed by atoms with Gasteiger partial charge < -0.3 is 4.74 Å². The SMILES string of the molecule is CCCC(C)(C)OC(=O)C1(CCCCC(C)(C)C)OO1. The molecule has 0 bridgehead atoms. The number of carbonyl (C=O) groups excluding carboxylic acids is 1. The van der Waals surface area contributed by atoms with Crippen molar-refractivity contribution in [1.82, 2.24) is 0 Å². The highest BCUT2D eigenvalue weighted by Crippen LogP contribution is 2.38. The second-order valence-corrected chi connectivity index (χ2v) is 7.59. The van der Waals surface area contributed by atoms with Gasteiger partial charge in [0, 0.05) is 6.42 Å². The van der Waals surface area contributed by atoms with Crippen molar-refractivity contribution in [2.45, 2.75) is 91.5 Å². The van der Waals surface area contributed by atoms with Crippen molar-refractivity contribution in [1.29, 1.82) is 0 Å². The number of esters is 1. The Kier molecular flexibility index (Phi) is 5.61. The topological polar surface area (TPSA) is 51.4 Å². The molecule has 4 nitrogen and oxygen atoms in total. The van der Waals surface area contributed by atoms with Gasteiger partial charge >= 0.3 is 11.8 Å². The maximum atomic E-state index is 12.1. The first-order valence-electron chi connectivity index (χ1n) is 7.71. The predicted molar refractivity (Wildman–Crippen MR) is 77.9 cm³/mol. The van der Waals surface area contributed by atoms with E-state index in [1.54, 1.807) is 0 Å². The van der Waals surface area contributed by atoms with Crippen molar-refractivity contribution >= 4 is 5.97 Å². The summed E-state index contributed by atoms with van der Waals surface area (Å²) in [5, 5.41) is 0. The molecular weight excluding hydrogens is 256 g/mol. The third kappa shape index (κ3) is 5.80. The third-order valence-electron chi connectivity index (χ3n) is 3.50. The molecule has 0 spiro atoms. The van der Waals surface area contributed by atoms with Crippen LogP contribution in [0.1, 0.15) is 80.1 Å². The van der Waals surface area contributed by atoms with Crippen LogP contribution in [0, 0.1) is 5.41 Å². The van der Waals surface area contributed by atoms with Crippen LogP contribution in [0.5, 0.6) is 0 Å². The van der Waals surface area contributed by atoms with Gasteiger partial charge in [0.1, 0.15) is 5.60 Å². The van der Waals surface area contributed by atoms with Crippen molar-refractivity contribution in [3.63, 3.8) is 0 Å². The number of hydrogen-bond donors (Lipinski definition) is 0. The summed E-state index contributed by atoms with van der Waals surface area (Å²) < 4.78 is 5.51. The van der Waals surface area contributed by atoms with Crippen molar-refractivity contribution in [3.05, 3.63) is 0 Å². The van der Waals surface area contributed by atoms with E-state index < -0.39 is 11.4 Å². The molecule has 1 fully saturated rings. The van der Waals surface area contributed by atoms with Crippen LogP contribution in [0.15, 0.2) is 0 Å². The van der Waals surface area contributed by atoms with Crippen molar-refractivity contribution in [2.75, 3.05) is 0 Å². The number of carbonyl (C=O) groups is 1. The summed E-state index contributed by atoms with van der Waals surface area (Å²) in [6, 6.07) is 0. The number of ether oxygens (including phenoxy) is 1. The Morgan fingerprint density at radius 3 is 2.10 bits per heavy atom. The van der Waals surface area contributed by atoms with E-state index >= 15 is 0 Å². The lowest BCUT2D eigenvalue weighted by molar-refractivity contribution is -0.165. The molecule has 20 heavy (non-hydrogen) atoms. The van der Waals surface area contributed by atoms with Crippen LogP contribution < -0.4 is 0 Å². The maximum absolute atomic E-state index is 12.1. The monoisotopic (exact) mass is 286 g/mol. The van der Waals surface area contributed by atoms with Gasteiger partial charge in [-0.25, -0.2) is 4.79 Å². The van der Waals surface area contributed by atoms with E-state index in [0.29, 0.717) is 11.8 Å². The molecule has 0 amide bonds. The van der Waals surface area contributed by atoms with Gasteiger partial charge in [0.2, 0.25) is 0 Å². The number of hydrogen-bond acceptors (Lipinski definition) is 4. The molecular formula is C16H30O4. The quantitative estimate of drug-likeness (QED) is 0.288. The first-order valence-corrected chi connectivity index (χ1v) is 7.71. The summed E-state index contributed by atoms with van der Waals surface area (Å²) in [4.78, 5) is 22.0. The first kappa shape index (κ1) is 17.4. The zero-order chi connectivity index (χ0) is 15.4. The lowest BCUT2D eigenvalue weighted by atomic mass is 9.89. The van der Waals surface area contributed by atoms with Crippen LogP contribution in [0.2, 0.25) is 0 Å². The van der Waals surface area contributed by atoms with E-state index in [2.05, 4.69) is 27.7 Å². The summed E-state index contributed by atoms with van der Waals surface area (Å²) in [6.45, 7) is 12.6. The van der Waals surface area contributed by atoms with Crippen molar-refractivity contribution < 1.29 is 19.3 Å². The van der Waals surface area contributed by atoms with Gasteiger partial charge in [0.15, 0.2) is 0 Å². The summed E-state index contributed by atoms with van der Waals surface area (Å²) in [6.07, 6.45) is 5.47. The van der Waals surface area contributed by atoms with E-state index in [0.717, 1.165) is 32.1 Å². The molecule has 1 saturated heterocycles. The number of unbranched alkanes of at least 4 members (excludes halogenated alkanes) is 1. The highest BCUT2D eigenvalue weighted by molar-refractivity contribution is 5.79. The Hall–Kier alpha value is -0.610. The summed E-state index contributed by atoms with van der Waals surface area (Å²) in [7, 11) is 0. The minimum absolute atomic E-state index is 0.321. The Bertz CT molecular complexity index is 324. The van der Waals surface area contributed by atoms with Crippen LogP contribution in [-0.4, -0.2) is 17.4 Å². The second-order valence-electron chi connectivity index (χ2n) is 7.59. The van der Waals surface area contributed by atoms with E-state index in [1.165, 1.54) is 0 Å². The van der Waals surface area contributed by atoms with Crippen LogP contribution in [0.25, 0.3) is 0 Å². The maximum Gasteiger partial charge on any atom is 0.373 e. The van der Waals surface area contributed by atoms with Crippen LogP contribution in [0.3, 0.4) is 0 Å². The van der Waals surface area contributed by atoms with Gasteiger partial charge in [0.25, 0.3) is 0 Å². The van der Waals surface area contributed by atoms with E-state index in [1.807, 2.05) is 13.8 Å². The van der Waals surface area contributed by atoms with Gasteiger partial charge in [-0.05, 0) is 38.5 Å². The normalized spacial score (nSPS) is 17.9. The Morgan fingerprint density at radius 1 is 1.05 bits per heavy atom. The molecule has 0 radical (unpaired) electrons. The molecule has 0 unspecified atom stereocenters. The molecule has 0 aromatic rings. The summed E-state index contributed by atoms with van der Waals surface area (Å²) in [5.74, 6) is -1.50. The Morgan fingerprint density at radius 2 is 1.65 bits per heavy atom. The molecule has 1 aliphatic heterocycles. The third-order valence-corrected chi connectivity index (χ3v) is 3.50. The average molecular weight is 286 g/mol. The van der Waals surface area contributed by atoms with Crippen molar-refractivity contribution in [2.24, 2.45) is 5.41 Å². The fourth-order valence-corrected chi connectivity index (χ4v) is 2.30. The fourth-order valence-electron chi connectivity index (χ4n) is 2.30. The van der Waals surface area contributed by atoms with Gasteiger partial charge in [0.05, 0.1) is 0 Å². The lowest BCUT2D eigenvalue weighted by Crippen LogP contribution is -2.36. The summed E-state index contributed by atoms with van der Waals surface area (Å²) in [5.41, 5.74) is -0.137. The smallest absolute Gasteiger partial charge is 0.373 e. The van der Waals surface area contributed by atoms with Gasteiger partial charge in [-0.15, -0.1) is 0 Å². The highest BCUT2D eigenvalue weighted by atomic mass is 17.4. The van der Waals surface area contributed by atoms with E-state index in [4.69, 9.17) is 14.5 Å². The Labute approximate surface area is 123 Å². The molecule has 0 aromatic carbocycles.